The minimum Gasteiger partial charge on any atom is -0.265 e. The average Bonchev–Trinajstić information content (AvgIpc) is 1.60. The molecule has 0 amide bonds. The number of rotatable bonds is 2. The van der Waals surface area contributed by atoms with Gasteiger partial charge in [-0.2, -0.15) is 0 Å². The Morgan fingerprint density at radius 2 is 1.90 bits per heavy atom. The van der Waals surface area contributed by atoms with E-state index in [4.69, 9.17) is 0 Å². The minimum absolute atomic E-state index is 0.0487. The lowest BCUT2D eigenvalue weighted by Crippen LogP contribution is -2.24. The van der Waals surface area contributed by atoms with Crippen molar-refractivity contribution in [2.75, 3.05) is 6.54 Å². The van der Waals surface area contributed by atoms with Crippen molar-refractivity contribution in [3.05, 3.63) is 10.1 Å². The summed E-state index contributed by atoms with van der Waals surface area (Å²) >= 11 is 0. The SMILES string of the molecule is C[C@H](C[N+](=O)[O-])C(C)(C)C. The molecule has 3 heteroatoms. The summed E-state index contributed by atoms with van der Waals surface area (Å²) in [6, 6.07) is 0. The third-order valence-corrected chi connectivity index (χ3v) is 1.90. The molecule has 3 nitrogen and oxygen atoms in total. The van der Waals surface area contributed by atoms with E-state index in [-0.39, 0.29) is 22.8 Å². The molecular formula is C7H15NO2. The maximum absolute atomic E-state index is 10.1. The molecule has 10 heavy (non-hydrogen) atoms. The maximum atomic E-state index is 10.1. The highest BCUT2D eigenvalue weighted by Crippen LogP contribution is 2.24. The van der Waals surface area contributed by atoms with E-state index in [1.807, 2.05) is 27.7 Å². The van der Waals surface area contributed by atoms with Crippen LogP contribution in [0, 0.1) is 21.4 Å². The first-order chi connectivity index (χ1) is 4.34. The molecule has 1 atom stereocenters. The summed E-state index contributed by atoms with van der Waals surface area (Å²) in [6.45, 7) is 8.02. The molecular weight excluding hydrogens is 130 g/mol. The van der Waals surface area contributed by atoms with Gasteiger partial charge in [0.25, 0.3) is 0 Å². The van der Waals surface area contributed by atoms with Crippen LogP contribution in [0.2, 0.25) is 0 Å². The van der Waals surface area contributed by atoms with Crippen molar-refractivity contribution >= 4 is 0 Å². The first kappa shape index (κ1) is 9.40. The summed E-state index contributed by atoms with van der Waals surface area (Å²) in [4.78, 5) is 9.81. The Labute approximate surface area is 61.6 Å². The zero-order valence-electron chi connectivity index (χ0n) is 7.05. The number of hydrogen-bond donors (Lipinski definition) is 0. The standard InChI is InChI=1S/C7H15NO2/c1-6(5-8(9)10)7(2,3)4/h6H,5H2,1-4H3/t6-/m1/s1. The van der Waals surface area contributed by atoms with Crippen molar-refractivity contribution in [3.63, 3.8) is 0 Å². The molecule has 0 aromatic rings. The van der Waals surface area contributed by atoms with Crippen LogP contribution < -0.4 is 0 Å². The van der Waals surface area contributed by atoms with Crippen LogP contribution in [-0.2, 0) is 0 Å². The molecule has 60 valence electrons. The van der Waals surface area contributed by atoms with Gasteiger partial charge >= 0.3 is 0 Å². The molecule has 0 aliphatic heterocycles. The predicted molar refractivity (Wildman–Crippen MR) is 40.5 cm³/mol. The Hall–Kier alpha value is -0.600. The molecule has 0 aromatic heterocycles. The van der Waals surface area contributed by atoms with Gasteiger partial charge in [-0.25, -0.2) is 0 Å². The van der Waals surface area contributed by atoms with E-state index in [9.17, 15) is 10.1 Å². The van der Waals surface area contributed by atoms with Gasteiger partial charge in [0.1, 0.15) is 0 Å². The maximum Gasteiger partial charge on any atom is 0.206 e. The van der Waals surface area contributed by atoms with Gasteiger partial charge in [0, 0.05) is 10.8 Å². The van der Waals surface area contributed by atoms with Gasteiger partial charge in [-0.05, 0) is 5.41 Å². The summed E-state index contributed by atoms with van der Waals surface area (Å²) in [5.41, 5.74) is 0.0487. The molecule has 0 spiro atoms. The highest BCUT2D eigenvalue weighted by molar-refractivity contribution is 4.68. The summed E-state index contributed by atoms with van der Waals surface area (Å²) in [5.74, 6) is 0.141. The molecule has 0 saturated heterocycles. The lowest BCUT2D eigenvalue weighted by atomic mass is 9.82. The Morgan fingerprint density at radius 1 is 1.50 bits per heavy atom. The average molecular weight is 145 g/mol. The summed E-state index contributed by atoms with van der Waals surface area (Å²) in [7, 11) is 0. The van der Waals surface area contributed by atoms with Crippen LogP contribution in [0.15, 0.2) is 0 Å². The Balaban J connectivity index is 3.85. The Morgan fingerprint density at radius 3 is 2.00 bits per heavy atom. The largest absolute Gasteiger partial charge is 0.265 e. The molecule has 0 rings (SSSR count). The predicted octanol–water partition coefficient (Wildman–Crippen LogP) is 1.95. The summed E-state index contributed by atoms with van der Waals surface area (Å²) in [6.07, 6.45) is 0. The quantitative estimate of drug-likeness (QED) is 0.440. The van der Waals surface area contributed by atoms with E-state index in [2.05, 4.69) is 0 Å². The lowest BCUT2D eigenvalue weighted by molar-refractivity contribution is -0.490. The van der Waals surface area contributed by atoms with Crippen LogP contribution in [0.25, 0.3) is 0 Å². The van der Waals surface area contributed by atoms with Crippen molar-refractivity contribution in [1.82, 2.24) is 0 Å². The van der Waals surface area contributed by atoms with E-state index < -0.39 is 0 Å². The number of nitrogens with zero attached hydrogens (tertiary/aromatic N) is 1. The van der Waals surface area contributed by atoms with Gasteiger partial charge in [-0.3, -0.25) is 10.1 Å². The van der Waals surface area contributed by atoms with Gasteiger partial charge < -0.3 is 0 Å². The van der Waals surface area contributed by atoms with Crippen molar-refractivity contribution in [2.24, 2.45) is 11.3 Å². The topological polar surface area (TPSA) is 43.1 Å². The second-order valence-electron chi connectivity index (χ2n) is 3.78. The third-order valence-electron chi connectivity index (χ3n) is 1.90. The molecule has 0 fully saturated rings. The van der Waals surface area contributed by atoms with Crippen LogP contribution in [-0.4, -0.2) is 11.5 Å². The highest BCUT2D eigenvalue weighted by atomic mass is 16.6. The number of hydrogen-bond acceptors (Lipinski definition) is 2. The smallest absolute Gasteiger partial charge is 0.206 e. The normalized spacial score (nSPS) is 14.8. The van der Waals surface area contributed by atoms with Crippen LogP contribution in [0.3, 0.4) is 0 Å². The fourth-order valence-electron chi connectivity index (χ4n) is 0.497. The van der Waals surface area contributed by atoms with Gasteiger partial charge in [-0.15, -0.1) is 0 Å². The van der Waals surface area contributed by atoms with Crippen LogP contribution in [0.4, 0.5) is 0 Å². The first-order valence-corrected chi connectivity index (χ1v) is 3.46. The molecule has 0 aliphatic carbocycles. The fourth-order valence-corrected chi connectivity index (χ4v) is 0.497. The first-order valence-electron chi connectivity index (χ1n) is 3.46. The van der Waals surface area contributed by atoms with Crippen LogP contribution in [0.5, 0.6) is 0 Å². The minimum atomic E-state index is -0.254. The molecule has 0 bridgehead atoms. The third kappa shape index (κ3) is 3.43. The van der Waals surface area contributed by atoms with Crippen LogP contribution in [0.1, 0.15) is 27.7 Å². The summed E-state index contributed by atoms with van der Waals surface area (Å²) < 4.78 is 0. The van der Waals surface area contributed by atoms with Crippen molar-refractivity contribution < 1.29 is 4.92 Å². The monoisotopic (exact) mass is 145 g/mol. The number of nitro groups is 1. The van der Waals surface area contributed by atoms with E-state index >= 15 is 0 Å². The zero-order valence-corrected chi connectivity index (χ0v) is 7.05. The molecule has 0 N–H and O–H groups in total. The fraction of sp³-hybridized carbons (Fsp3) is 1.00. The van der Waals surface area contributed by atoms with E-state index in [0.717, 1.165) is 0 Å². The van der Waals surface area contributed by atoms with E-state index in [1.54, 1.807) is 0 Å². The van der Waals surface area contributed by atoms with Gasteiger partial charge in [0.2, 0.25) is 6.54 Å². The second-order valence-corrected chi connectivity index (χ2v) is 3.78. The molecule has 0 radical (unpaired) electrons. The van der Waals surface area contributed by atoms with Crippen molar-refractivity contribution in [2.45, 2.75) is 27.7 Å². The zero-order chi connectivity index (χ0) is 8.36. The van der Waals surface area contributed by atoms with Crippen molar-refractivity contribution in [1.29, 1.82) is 0 Å². The Bertz CT molecular complexity index is 126. The second kappa shape index (κ2) is 2.99. The van der Waals surface area contributed by atoms with Gasteiger partial charge in [0.05, 0.1) is 0 Å². The van der Waals surface area contributed by atoms with E-state index in [0.29, 0.717) is 0 Å². The molecule has 0 aromatic carbocycles. The van der Waals surface area contributed by atoms with Gasteiger partial charge in [-0.1, -0.05) is 27.7 Å². The van der Waals surface area contributed by atoms with Crippen LogP contribution >= 0.6 is 0 Å². The Kier molecular flexibility index (Phi) is 2.81. The lowest BCUT2D eigenvalue weighted by Gasteiger charge is -2.23. The molecule has 0 saturated carbocycles. The molecule has 0 heterocycles. The molecule has 0 aliphatic rings. The van der Waals surface area contributed by atoms with E-state index in [1.165, 1.54) is 0 Å². The highest BCUT2D eigenvalue weighted by Gasteiger charge is 2.23. The van der Waals surface area contributed by atoms with Gasteiger partial charge in [0.15, 0.2) is 0 Å². The summed E-state index contributed by atoms with van der Waals surface area (Å²) in [5, 5.41) is 10.1. The molecule has 0 unspecified atom stereocenters. The van der Waals surface area contributed by atoms with Crippen molar-refractivity contribution in [3.8, 4) is 0 Å².